The third kappa shape index (κ3) is 7.83. The van der Waals surface area contributed by atoms with E-state index in [0.717, 1.165) is 6.07 Å². The lowest BCUT2D eigenvalue weighted by atomic mass is 10.1. The Labute approximate surface area is 123 Å². The average molecular weight is 323 g/mol. The van der Waals surface area contributed by atoms with Gasteiger partial charge in [-0.05, 0) is 38.5 Å². The summed E-state index contributed by atoms with van der Waals surface area (Å²) in [4.78, 5) is 0. The molecule has 0 bridgehead atoms. The molecule has 0 aliphatic carbocycles. The van der Waals surface area contributed by atoms with E-state index in [4.69, 9.17) is 4.55 Å². The van der Waals surface area contributed by atoms with Gasteiger partial charge in [-0.25, -0.2) is 4.18 Å². The summed E-state index contributed by atoms with van der Waals surface area (Å²) in [7, 11) is -4.67. The molecule has 0 aromatic heterocycles. The van der Waals surface area contributed by atoms with Crippen LogP contribution in [0.5, 0.6) is 11.5 Å². The van der Waals surface area contributed by atoms with Crippen LogP contribution in [0.15, 0.2) is 18.2 Å². The van der Waals surface area contributed by atoms with E-state index in [-0.39, 0.29) is 34.6 Å². The van der Waals surface area contributed by atoms with Crippen LogP contribution in [0.2, 0.25) is 0 Å². The monoisotopic (exact) mass is 323 g/mol. The second-order valence-electron chi connectivity index (χ2n) is 5.43. The van der Waals surface area contributed by atoms with E-state index in [1.165, 1.54) is 12.1 Å². The predicted molar refractivity (Wildman–Crippen MR) is 76.5 cm³/mol. The minimum Gasteiger partial charge on any atom is -0.508 e. The van der Waals surface area contributed by atoms with Crippen LogP contribution in [-0.2, 0) is 14.6 Å². The van der Waals surface area contributed by atoms with E-state index in [2.05, 4.69) is 9.50 Å². The molecule has 0 saturated carbocycles. The molecule has 1 aromatic carbocycles. The standard InChI is InChI=1S/C12H19NO6S.H2O/c1-12(2,3)13-7-11(19-20(16,17)18)8-4-9(14)6-10(15)5-8;/h4-6,11,13-15H,7H2,1-3H3,(H,16,17,18);1H2. The number of benzene rings is 1. The first kappa shape index (κ1) is 19.6. The fraction of sp³-hybridized carbons (Fsp3) is 0.500. The quantitative estimate of drug-likeness (QED) is 0.577. The van der Waals surface area contributed by atoms with Gasteiger partial charge < -0.3 is 21.0 Å². The highest BCUT2D eigenvalue weighted by atomic mass is 32.3. The summed E-state index contributed by atoms with van der Waals surface area (Å²) in [6, 6.07) is 3.60. The largest absolute Gasteiger partial charge is 0.508 e. The lowest BCUT2D eigenvalue weighted by Crippen LogP contribution is -2.39. The van der Waals surface area contributed by atoms with Crippen LogP contribution < -0.4 is 5.32 Å². The average Bonchev–Trinajstić information content (AvgIpc) is 2.20. The van der Waals surface area contributed by atoms with Crippen LogP contribution >= 0.6 is 0 Å². The molecule has 0 radical (unpaired) electrons. The Morgan fingerprint density at radius 3 is 2.05 bits per heavy atom. The lowest BCUT2D eigenvalue weighted by molar-refractivity contribution is 0.170. The third-order valence-electron chi connectivity index (χ3n) is 2.35. The van der Waals surface area contributed by atoms with Gasteiger partial charge in [0.05, 0.1) is 0 Å². The van der Waals surface area contributed by atoms with Crippen LogP contribution in [0.4, 0.5) is 0 Å². The van der Waals surface area contributed by atoms with Crippen molar-refractivity contribution >= 4 is 10.4 Å². The lowest BCUT2D eigenvalue weighted by Gasteiger charge is -2.24. The number of aromatic hydroxyl groups is 2. The summed E-state index contributed by atoms with van der Waals surface area (Å²) in [5, 5.41) is 21.9. The molecule has 0 aliphatic heterocycles. The predicted octanol–water partition coefficient (Wildman–Crippen LogP) is 0.522. The van der Waals surface area contributed by atoms with E-state index >= 15 is 0 Å². The highest BCUT2D eigenvalue weighted by Crippen LogP contribution is 2.27. The molecule has 1 rings (SSSR count). The van der Waals surface area contributed by atoms with Crippen molar-refractivity contribution in [1.82, 2.24) is 5.32 Å². The molecule has 8 nitrogen and oxygen atoms in total. The zero-order valence-corrected chi connectivity index (χ0v) is 12.8. The zero-order valence-electron chi connectivity index (χ0n) is 12.0. The van der Waals surface area contributed by atoms with Crippen LogP contribution in [0.1, 0.15) is 32.4 Å². The summed E-state index contributed by atoms with van der Waals surface area (Å²) >= 11 is 0. The summed E-state index contributed by atoms with van der Waals surface area (Å²) in [5.41, 5.74) is -0.0865. The minimum atomic E-state index is -4.67. The molecule has 0 spiro atoms. The van der Waals surface area contributed by atoms with Crippen LogP contribution in [0, 0.1) is 0 Å². The van der Waals surface area contributed by atoms with E-state index in [0.29, 0.717) is 0 Å². The van der Waals surface area contributed by atoms with Crippen molar-refractivity contribution in [1.29, 1.82) is 0 Å². The molecule has 6 N–H and O–H groups in total. The Morgan fingerprint density at radius 2 is 1.67 bits per heavy atom. The maximum Gasteiger partial charge on any atom is 0.397 e. The summed E-state index contributed by atoms with van der Waals surface area (Å²) in [5.74, 6) is -0.473. The molecule has 9 heteroatoms. The normalized spacial score (nSPS) is 13.5. The first-order valence-electron chi connectivity index (χ1n) is 5.90. The van der Waals surface area contributed by atoms with Crippen LogP contribution in [-0.4, -0.2) is 40.7 Å². The number of phenolic OH excluding ortho intramolecular Hbond substituents is 2. The van der Waals surface area contributed by atoms with Crippen molar-refractivity contribution in [2.45, 2.75) is 32.4 Å². The van der Waals surface area contributed by atoms with Gasteiger partial charge in [0.2, 0.25) is 0 Å². The van der Waals surface area contributed by atoms with Crippen LogP contribution in [0.3, 0.4) is 0 Å². The van der Waals surface area contributed by atoms with Crippen molar-refractivity contribution in [2.75, 3.05) is 6.54 Å². The number of rotatable bonds is 5. The molecule has 0 heterocycles. The maximum atomic E-state index is 10.9. The van der Waals surface area contributed by atoms with Gasteiger partial charge in [-0.2, -0.15) is 8.42 Å². The molecule has 1 aromatic rings. The minimum absolute atomic E-state index is 0. The van der Waals surface area contributed by atoms with Gasteiger partial charge in [0, 0.05) is 18.2 Å². The second-order valence-corrected chi connectivity index (χ2v) is 6.47. The zero-order chi connectivity index (χ0) is 15.6. The SMILES string of the molecule is CC(C)(C)NCC(OS(=O)(=O)O)c1cc(O)cc(O)c1.O. The van der Waals surface area contributed by atoms with E-state index in [1.54, 1.807) is 0 Å². The van der Waals surface area contributed by atoms with Gasteiger partial charge in [-0.1, -0.05) is 0 Å². The third-order valence-corrected chi connectivity index (χ3v) is 2.83. The molecule has 122 valence electrons. The Bertz CT molecular complexity index is 545. The summed E-state index contributed by atoms with van der Waals surface area (Å²) in [6.07, 6.45) is -1.08. The summed E-state index contributed by atoms with van der Waals surface area (Å²) in [6.45, 7) is 5.68. The number of hydrogen-bond acceptors (Lipinski definition) is 6. The van der Waals surface area contributed by atoms with Crippen LogP contribution in [0.25, 0.3) is 0 Å². The Morgan fingerprint density at radius 1 is 1.19 bits per heavy atom. The molecule has 0 saturated heterocycles. The topological polar surface area (TPSA) is 148 Å². The Kier molecular flexibility index (Phi) is 6.58. The molecule has 21 heavy (non-hydrogen) atoms. The number of nitrogens with one attached hydrogen (secondary N) is 1. The first-order valence-corrected chi connectivity index (χ1v) is 7.26. The van der Waals surface area contributed by atoms with Gasteiger partial charge in [0.15, 0.2) is 0 Å². The second kappa shape index (κ2) is 7.05. The number of phenols is 2. The van der Waals surface area contributed by atoms with Crippen molar-refractivity contribution in [2.24, 2.45) is 0 Å². The molecule has 1 unspecified atom stereocenters. The van der Waals surface area contributed by atoms with Crippen molar-refractivity contribution < 1.29 is 32.8 Å². The Hall–Kier alpha value is -1.39. The number of hydrogen-bond donors (Lipinski definition) is 4. The van der Waals surface area contributed by atoms with Crippen molar-refractivity contribution in [3.05, 3.63) is 23.8 Å². The molecule has 1 atom stereocenters. The van der Waals surface area contributed by atoms with Gasteiger partial charge in [0.1, 0.15) is 17.6 Å². The molecular weight excluding hydrogens is 302 g/mol. The Balaban J connectivity index is 0.00000400. The smallest absolute Gasteiger partial charge is 0.397 e. The van der Waals surface area contributed by atoms with Gasteiger partial charge in [0.25, 0.3) is 0 Å². The molecular formula is C12H21NO7S. The maximum absolute atomic E-state index is 10.9. The molecule has 0 amide bonds. The van der Waals surface area contributed by atoms with Gasteiger partial charge in [-0.15, -0.1) is 0 Å². The van der Waals surface area contributed by atoms with Crippen molar-refractivity contribution in [3.8, 4) is 11.5 Å². The van der Waals surface area contributed by atoms with Gasteiger partial charge >= 0.3 is 10.4 Å². The van der Waals surface area contributed by atoms with E-state index < -0.39 is 16.5 Å². The van der Waals surface area contributed by atoms with E-state index in [9.17, 15) is 18.6 Å². The highest BCUT2D eigenvalue weighted by molar-refractivity contribution is 7.80. The molecule has 0 fully saturated rings. The fourth-order valence-electron chi connectivity index (χ4n) is 1.56. The highest BCUT2D eigenvalue weighted by Gasteiger charge is 2.22. The van der Waals surface area contributed by atoms with Gasteiger partial charge in [-0.3, -0.25) is 4.55 Å². The van der Waals surface area contributed by atoms with Crippen molar-refractivity contribution in [3.63, 3.8) is 0 Å². The summed E-state index contributed by atoms with van der Waals surface area (Å²) < 4.78 is 35.2. The van der Waals surface area contributed by atoms with E-state index in [1.807, 2.05) is 20.8 Å². The molecule has 0 aliphatic rings. The first-order chi connectivity index (χ1) is 8.96. The fourth-order valence-corrected chi connectivity index (χ4v) is 2.03.